The third-order valence-electron chi connectivity index (χ3n) is 6.44. The van der Waals surface area contributed by atoms with E-state index in [1.807, 2.05) is 45.9 Å². The van der Waals surface area contributed by atoms with Crippen LogP contribution in [-0.4, -0.2) is 25.8 Å². The molecular weight excluding hydrogens is 434 g/mol. The van der Waals surface area contributed by atoms with Crippen molar-refractivity contribution in [1.82, 2.24) is 14.1 Å². The van der Waals surface area contributed by atoms with E-state index in [9.17, 15) is 14.9 Å². The van der Waals surface area contributed by atoms with E-state index in [1.54, 1.807) is 10.6 Å². The highest BCUT2D eigenvalue weighted by Gasteiger charge is 2.27. The lowest BCUT2D eigenvalue weighted by molar-refractivity contribution is -0.113. The summed E-state index contributed by atoms with van der Waals surface area (Å²) >= 11 is 1.24. The highest BCUT2D eigenvalue weighted by Crippen LogP contribution is 2.37. The van der Waals surface area contributed by atoms with Gasteiger partial charge < -0.3 is 9.88 Å². The van der Waals surface area contributed by atoms with Gasteiger partial charge in [0, 0.05) is 17.8 Å². The Hall–Kier alpha value is -3.05. The second-order valence-electron chi connectivity index (χ2n) is 8.87. The van der Waals surface area contributed by atoms with Crippen molar-refractivity contribution in [2.24, 2.45) is 0 Å². The number of nitriles is 1. The number of anilines is 1. The Morgan fingerprint density at radius 2 is 1.97 bits per heavy atom. The fraction of sp³-hybridized carbons (Fsp3) is 0.440. The Balaban J connectivity index is 1.61. The van der Waals surface area contributed by atoms with Crippen LogP contribution in [0.2, 0.25) is 0 Å². The number of para-hydroxylation sites is 1. The van der Waals surface area contributed by atoms with Gasteiger partial charge in [-0.1, -0.05) is 36.7 Å². The number of hydrogen-bond donors (Lipinski definition) is 1. The lowest BCUT2D eigenvalue weighted by Gasteiger charge is -2.19. The number of rotatable bonds is 6. The van der Waals surface area contributed by atoms with Gasteiger partial charge in [-0.05, 0) is 58.2 Å². The zero-order valence-corrected chi connectivity index (χ0v) is 20.3. The van der Waals surface area contributed by atoms with Crippen LogP contribution in [0.15, 0.2) is 34.2 Å². The van der Waals surface area contributed by atoms with Crippen LogP contribution in [0.3, 0.4) is 0 Å². The molecule has 0 bridgehead atoms. The minimum absolute atomic E-state index is 0.0877. The van der Waals surface area contributed by atoms with Crippen molar-refractivity contribution in [3.8, 4) is 6.07 Å². The number of fused-ring (bicyclic) bond motifs is 1. The van der Waals surface area contributed by atoms with E-state index in [2.05, 4.69) is 20.9 Å². The van der Waals surface area contributed by atoms with Crippen LogP contribution < -0.4 is 10.9 Å². The number of hydrogen-bond acceptors (Lipinski definition) is 5. The molecule has 4 rings (SSSR count). The summed E-state index contributed by atoms with van der Waals surface area (Å²) in [6.45, 7) is 7.81. The van der Waals surface area contributed by atoms with Crippen LogP contribution in [0.5, 0.6) is 0 Å². The number of nitrogens with zero attached hydrogens (tertiary/aromatic N) is 4. The second-order valence-corrected chi connectivity index (χ2v) is 9.81. The summed E-state index contributed by atoms with van der Waals surface area (Å²) in [5, 5.41) is 13.9. The van der Waals surface area contributed by atoms with E-state index in [4.69, 9.17) is 0 Å². The van der Waals surface area contributed by atoms with Gasteiger partial charge in [0.2, 0.25) is 5.91 Å². The molecule has 1 N–H and O–H groups in total. The van der Waals surface area contributed by atoms with E-state index in [-0.39, 0.29) is 23.3 Å². The van der Waals surface area contributed by atoms with E-state index in [1.165, 1.54) is 11.8 Å². The van der Waals surface area contributed by atoms with E-state index < -0.39 is 0 Å². The van der Waals surface area contributed by atoms with Crippen molar-refractivity contribution in [3.05, 3.63) is 51.4 Å². The normalized spacial score (nSPS) is 14.2. The number of benzene rings is 1. The van der Waals surface area contributed by atoms with Crippen LogP contribution >= 0.6 is 11.8 Å². The lowest BCUT2D eigenvalue weighted by atomic mass is 10.2. The molecule has 7 nitrogen and oxygen atoms in total. The fourth-order valence-electron chi connectivity index (χ4n) is 4.69. The molecule has 172 valence electrons. The third kappa shape index (κ3) is 4.30. The molecule has 3 aromatic rings. The van der Waals surface area contributed by atoms with Gasteiger partial charge in [-0.15, -0.1) is 0 Å². The summed E-state index contributed by atoms with van der Waals surface area (Å²) in [5.41, 5.74) is 2.99. The zero-order valence-electron chi connectivity index (χ0n) is 19.5. The van der Waals surface area contributed by atoms with Gasteiger partial charge in [-0.3, -0.25) is 14.2 Å². The highest BCUT2D eigenvalue weighted by atomic mass is 32.2. The number of aromatic nitrogens is 3. The maximum Gasteiger partial charge on any atom is 0.262 e. The summed E-state index contributed by atoms with van der Waals surface area (Å²) in [4.78, 5) is 30.7. The van der Waals surface area contributed by atoms with E-state index >= 15 is 0 Å². The molecule has 1 aliphatic carbocycles. The van der Waals surface area contributed by atoms with Crippen LogP contribution in [0.1, 0.15) is 68.4 Å². The van der Waals surface area contributed by atoms with Gasteiger partial charge in [-0.25, -0.2) is 4.98 Å². The van der Waals surface area contributed by atoms with Gasteiger partial charge in [0.1, 0.15) is 11.9 Å². The molecule has 1 saturated carbocycles. The lowest BCUT2D eigenvalue weighted by Crippen LogP contribution is -2.26. The first-order chi connectivity index (χ1) is 15.8. The van der Waals surface area contributed by atoms with Gasteiger partial charge in [-0.2, -0.15) is 5.26 Å². The topological polar surface area (TPSA) is 92.7 Å². The second kappa shape index (κ2) is 9.44. The number of carbonyl (C=O) groups is 1. The first-order valence-corrected chi connectivity index (χ1v) is 12.4. The highest BCUT2D eigenvalue weighted by molar-refractivity contribution is 7.99. The molecule has 0 aliphatic heterocycles. The molecule has 0 radical (unpaired) electrons. The predicted molar refractivity (Wildman–Crippen MR) is 132 cm³/mol. The fourth-order valence-corrected chi connectivity index (χ4v) is 5.61. The summed E-state index contributed by atoms with van der Waals surface area (Å²) in [5.74, 6) is 0.472. The summed E-state index contributed by atoms with van der Waals surface area (Å²) in [6, 6.07) is 9.76. The maximum absolute atomic E-state index is 13.0. The Kier molecular flexibility index (Phi) is 6.61. The van der Waals surface area contributed by atoms with E-state index in [0.717, 1.165) is 36.9 Å². The molecule has 8 heteroatoms. The monoisotopic (exact) mass is 463 g/mol. The standard InChI is InChI=1S/C25H29N5O2S/c1-15(2)29-24(32)19-11-7-8-12-21(19)27-25(29)33-14-22(31)28-23-20(13-26)16(3)17(4)30(23)18-9-5-6-10-18/h7-8,11-12,15,18H,5-6,9-10,14H2,1-4H3,(H,28,31). The van der Waals surface area contributed by atoms with Crippen LogP contribution in [0.25, 0.3) is 10.9 Å². The van der Waals surface area contributed by atoms with Crippen molar-refractivity contribution < 1.29 is 4.79 Å². The van der Waals surface area contributed by atoms with Gasteiger partial charge >= 0.3 is 0 Å². The average molecular weight is 464 g/mol. The van der Waals surface area contributed by atoms with Crippen LogP contribution in [0, 0.1) is 25.2 Å². The SMILES string of the molecule is Cc1c(C#N)c(NC(=O)CSc2nc3ccccc3c(=O)n2C(C)C)n(C2CCCC2)c1C. The molecular formula is C25H29N5O2S. The molecule has 0 unspecified atom stereocenters. The molecule has 0 atom stereocenters. The Bertz CT molecular complexity index is 1310. The number of thioether (sulfide) groups is 1. The molecule has 1 aromatic carbocycles. The van der Waals surface area contributed by atoms with E-state index in [0.29, 0.717) is 33.5 Å². The predicted octanol–water partition coefficient (Wildman–Crippen LogP) is 5.11. The van der Waals surface area contributed by atoms with Crippen molar-refractivity contribution >= 4 is 34.4 Å². The smallest absolute Gasteiger partial charge is 0.262 e. The first-order valence-electron chi connectivity index (χ1n) is 11.4. The Morgan fingerprint density at radius 3 is 2.64 bits per heavy atom. The number of amides is 1. The molecule has 0 saturated heterocycles. The minimum atomic E-state index is -0.217. The molecule has 2 heterocycles. The van der Waals surface area contributed by atoms with Gasteiger partial charge in [0.15, 0.2) is 5.16 Å². The number of carbonyl (C=O) groups excluding carboxylic acids is 1. The zero-order chi connectivity index (χ0) is 23.7. The van der Waals surface area contributed by atoms with Crippen molar-refractivity contribution in [1.29, 1.82) is 5.26 Å². The number of nitrogens with one attached hydrogen (secondary N) is 1. The van der Waals surface area contributed by atoms with Crippen LogP contribution in [-0.2, 0) is 4.79 Å². The maximum atomic E-state index is 13.0. The summed E-state index contributed by atoms with van der Waals surface area (Å²) in [6.07, 6.45) is 4.43. The quantitative estimate of drug-likeness (QED) is 0.405. The van der Waals surface area contributed by atoms with Crippen molar-refractivity contribution in [2.75, 3.05) is 11.1 Å². The molecule has 1 aliphatic rings. The molecule has 33 heavy (non-hydrogen) atoms. The largest absolute Gasteiger partial charge is 0.327 e. The van der Waals surface area contributed by atoms with Crippen molar-refractivity contribution in [3.63, 3.8) is 0 Å². The summed E-state index contributed by atoms with van der Waals surface area (Å²) < 4.78 is 3.78. The molecule has 2 aromatic heterocycles. The molecule has 0 spiro atoms. The first kappa shape index (κ1) is 23.1. The van der Waals surface area contributed by atoms with Crippen molar-refractivity contribution in [2.45, 2.75) is 70.6 Å². The summed E-state index contributed by atoms with van der Waals surface area (Å²) in [7, 11) is 0. The van der Waals surface area contributed by atoms with Crippen LogP contribution in [0.4, 0.5) is 5.82 Å². The average Bonchev–Trinajstić information content (AvgIpc) is 3.39. The Labute approximate surface area is 197 Å². The minimum Gasteiger partial charge on any atom is -0.327 e. The van der Waals surface area contributed by atoms with Gasteiger partial charge in [0.25, 0.3) is 5.56 Å². The molecule has 1 fully saturated rings. The third-order valence-corrected chi connectivity index (χ3v) is 7.39. The molecule has 1 amide bonds. The van der Waals surface area contributed by atoms with Gasteiger partial charge in [0.05, 0.1) is 22.2 Å². The Morgan fingerprint density at radius 1 is 1.27 bits per heavy atom.